The van der Waals surface area contributed by atoms with Gasteiger partial charge in [0, 0.05) is 5.02 Å². The highest BCUT2D eigenvalue weighted by Gasteiger charge is 2.13. The minimum atomic E-state index is -0.502. The Morgan fingerprint density at radius 2 is 1.79 bits per heavy atom. The van der Waals surface area contributed by atoms with Crippen molar-refractivity contribution in [2.24, 2.45) is 0 Å². The number of benzene rings is 3. The van der Waals surface area contributed by atoms with Crippen molar-refractivity contribution in [2.45, 2.75) is 0 Å². The van der Waals surface area contributed by atoms with Gasteiger partial charge in [0.25, 0.3) is 0 Å². The first-order chi connectivity index (χ1) is 13.6. The Bertz CT molecular complexity index is 1070. The van der Waals surface area contributed by atoms with Crippen LogP contribution in [0.3, 0.4) is 0 Å². The first-order valence-electron chi connectivity index (χ1n) is 8.43. The van der Waals surface area contributed by atoms with Gasteiger partial charge in [0.05, 0.1) is 18.8 Å². The van der Waals surface area contributed by atoms with Crippen LogP contribution in [0.25, 0.3) is 11.6 Å². The zero-order valence-corrected chi connectivity index (χ0v) is 15.8. The van der Waals surface area contributed by atoms with Gasteiger partial charge in [0.2, 0.25) is 0 Å². The van der Waals surface area contributed by atoms with Gasteiger partial charge >= 0.3 is 5.97 Å². The fourth-order valence-electron chi connectivity index (χ4n) is 2.61. The van der Waals surface area contributed by atoms with Crippen LogP contribution in [-0.4, -0.2) is 13.1 Å². The molecule has 28 heavy (non-hydrogen) atoms. The van der Waals surface area contributed by atoms with Crippen molar-refractivity contribution in [1.29, 1.82) is 5.26 Å². The molecular formula is C23H16ClNO3. The Balaban J connectivity index is 1.78. The molecule has 0 saturated heterocycles. The maximum absolute atomic E-state index is 12.4. The molecule has 0 aliphatic rings. The normalized spacial score (nSPS) is 10.8. The van der Waals surface area contributed by atoms with Gasteiger partial charge in [0.15, 0.2) is 0 Å². The molecule has 5 heteroatoms. The molecule has 0 radical (unpaired) electrons. The number of carbonyl (C=O) groups is 1. The molecule has 0 bridgehead atoms. The first kappa shape index (κ1) is 19.2. The van der Waals surface area contributed by atoms with Crippen LogP contribution in [0.2, 0.25) is 5.02 Å². The monoisotopic (exact) mass is 389 g/mol. The molecule has 0 amide bonds. The van der Waals surface area contributed by atoms with Gasteiger partial charge in [-0.2, -0.15) is 5.26 Å². The number of methoxy groups -OCH3 is 1. The lowest BCUT2D eigenvalue weighted by atomic mass is 10.0. The number of nitriles is 1. The predicted octanol–water partition coefficient (Wildman–Crippen LogP) is 5.63. The SMILES string of the molecule is COc1ccccc1C(=O)Oc1ccc(/C=C(/C#N)c2cccc(Cl)c2)cc1. The Morgan fingerprint density at radius 3 is 2.46 bits per heavy atom. The number of halogens is 1. The zero-order chi connectivity index (χ0) is 19.9. The minimum Gasteiger partial charge on any atom is -0.496 e. The van der Waals surface area contributed by atoms with Crippen molar-refractivity contribution in [3.63, 3.8) is 0 Å². The van der Waals surface area contributed by atoms with Gasteiger partial charge < -0.3 is 9.47 Å². The molecule has 0 fully saturated rings. The van der Waals surface area contributed by atoms with E-state index < -0.39 is 5.97 Å². The highest BCUT2D eigenvalue weighted by atomic mass is 35.5. The molecule has 0 aliphatic carbocycles. The molecule has 4 nitrogen and oxygen atoms in total. The molecule has 3 rings (SSSR count). The number of rotatable bonds is 5. The lowest BCUT2D eigenvalue weighted by Crippen LogP contribution is -2.09. The second kappa shape index (κ2) is 8.90. The average molecular weight is 390 g/mol. The summed E-state index contributed by atoms with van der Waals surface area (Å²) in [5.41, 5.74) is 2.37. The van der Waals surface area contributed by atoms with Crippen molar-refractivity contribution in [2.75, 3.05) is 7.11 Å². The van der Waals surface area contributed by atoms with Gasteiger partial charge in [-0.3, -0.25) is 0 Å². The fourth-order valence-corrected chi connectivity index (χ4v) is 2.80. The quantitative estimate of drug-likeness (QED) is 0.245. The number of allylic oxidation sites excluding steroid dienone is 1. The van der Waals surface area contributed by atoms with Crippen molar-refractivity contribution in [3.05, 3.63) is 94.5 Å². The summed E-state index contributed by atoms with van der Waals surface area (Å²) >= 11 is 6.00. The van der Waals surface area contributed by atoms with E-state index in [1.54, 1.807) is 72.8 Å². The van der Waals surface area contributed by atoms with E-state index in [1.165, 1.54) is 7.11 Å². The van der Waals surface area contributed by atoms with Crippen molar-refractivity contribution in [3.8, 4) is 17.6 Å². The molecule has 0 spiro atoms. The summed E-state index contributed by atoms with van der Waals surface area (Å²) in [5, 5.41) is 10.0. The fraction of sp³-hybridized carbons (Fsp3) is 0.0435. The summed E-state index contributed by atoms with van der Waals surface area (Å²) in [6.45, 7) is 0. The average Bonchev–Trinajstić information content (AvgIpc) is 2.73. The van der Waals surface area contributed by atoms with Crippen LogP contribution < -0.4 is 9.47 Å². The van der Waals surface area contributed by atoms with E-state index in [4.69, 9.17) is 21.1 Å². The van der Waals surface area contributed by atoms with Crippen LogP contribution in [0.1, 0.15) is 21.5 Å². The van der Waals surface area contributed by atoms with Gasteiger partial charge in [-0.05, 0) is 53.6 Å². The summed E-state index contributed by atoms with van der Waals surface area (Å²) in [6.07, 6.45) is 1.75. The van der Waals surface area contributed by atoms with Crippen LogP contribution >= 0.6 is 11.6 Å². The van der Waals surface area contributed by atoms with Gasteiger partial charge in [-0.15, -0.1) is 0 Å². The van der Waals surface area contributed by atoms with E-state index >= 15 is 0 Å². The Kier molecular flexibility index (Phi) is 6.11. The second-order valence-corrected chi connectivity index (χ2v) is 6.28. The molecule has 0 unspecified atom stereocenters. The maximum atomic E-state index is 12.4. The van der Waals surface area contributed by atoms with Gasteiger partial charge in [-0.25, -0.2) is 4.79 Å². The van der Waals surface area contributed by atoms with Crippen LogP contribution in [0, 0.1) is 11.3 Å². The smallest absolute Gasteiger partial charge is 0.347 e. The van der Waals surface area contributed by atoms with Crippen LogP contribution in [0.4, 0.5) is 0 Å². The molecule has 3 aromatic carbocycles. The maximum Gasteiger partial charge on any atom is 0.347 e. The topological polar surface area (TPSA) is 59.3 Å². The summed E-state index contributed by atoms with van der Waals surface area (Å²) in [4.78, 5) is 12.4. The van der Waals surface area contributed by atoms with Gasteiger partial charge in [0.1, 0.15) is 17.1 Å². The second-order valence-electron chi connectivity index (χ2n) is 5.84. The van der Waals surface area contributed by atoms with Crippen LogP contribution in [-0.2, 0) is 0 Å². The summed E-state index contributed by atoms with van der Waals surface area (Å²) in [5.74, 6) is 0.346. The lowest BCUT2D eigenvalue weighted by molar-refractivity contribution is 0.0731. The first-order valence-corrected chi connectivity index (χ1v) is 8.81. The molecule has 0 N–H and O–H groups in total. The third-order valence-electron chi connectivity index (χ3n) is 3.98. The highest BCUT2D eigenvalue weighted by Crippen LogP contribution is 2.23. The van der Waals surface area contributed by atoms with E-state index in [2.05, 4.69) is 6.07 Å². The van der Waals surface area contributed by atoms with E-state index in [-0.39, 0.29) is 0 Å². The number of carbonyl (C=O) groups excluding carboxylic acids is 1. The molecular weight excluding hydrogens is 374 g/mol. The number of para-hydroxylation sites is 1. The Labute approximate surface area is 168 Å². The number of nitrogens with zero attached hydrogens (tertiary/aromatic N) is 1. The zero-order valence-electron chi connectivity index (χ0n) is 15.1. The van der Waals surface area contributed by atoms with E-state index in [0.717, 1.165) is 11.1 Å². The number of esters is 1. The number of hydrogen-bond donors (Lipinski definition) is 0. The van der Waals surface area contributed by atoms with E-state index in [0.29, 0.717) is 27.7 Å². The standard InChI is InChI=1S/C23H16ClNO3/c1-27-22-8-3-2-7-21(22)23(26)28-20-11-9-16(10-12-20)13-18(15-25)17-5-4-6-19(24)14-17/h2-14H,1H3/b18-13-. The molecule has 0 aromatic heterocycles. The highest BCUT2D eigenvalue weighted by molar-refractivity contribution is 6.30. The summed E-state index contributed by atoms with van der Waals surface area (Å²) < 4.78 is 10.6. The molecule has 3 aromatic rings. The molecule has 0 heterocycles. The number of hydrogen-bond acceptors (Lipinski definition) is 4. The van der Waals surface area contributed by atoms with Crippen molar-refractivity contribution < 1.29 is 14.3 Å². The van der Waals surface area contributed by atoms with Gasteiger partial charge in [-0.1, -0.05) is 48.0 Å². The Hall–Kier alpha value is -3.55. The third-order valence-corrected chi connectivity index (χ3v) is 4.22. The van der Waals surface area contributed by atoms with E-state index in [9.17, 15) is 10.1 Å². The van der Waals surface area contributed by atoms with Crippen molar-refractivity contribution in [1.82, 2.24) is 0 Å². The summed E-state index contributed by atoms with van der Waals surface area (Å²) in [7, 11) is 1.50. The molecule has 0 aliphatic heterocycles. The molecule has 138 valence electrons. The number of ether oxygens (including phenoxy) is 2. The molecule has 0 atom stereocenters. The van der Waals surface area contributed by atoms with E-state index in [1.807, 2.05) is 6.07 Å². The van der Waals surface area contributed by atoms with Crippen LogP contribution in [0.15, 0.2) is 72.8 Å². The lowest BCUT2D eigenvalue weighted by Gasteiger charge is -2.08. The Morgan fingerprint density at radius 1 is 1.04 bits per heavy atom. The third kappa shape index (κ3) is 4.59. The van der Waals surface area contributed by atoms with Crippen molar-refractivity contribution >= 4 is 29.2 Å². The minimum absolute atomic E-state index is 0.349. The predicted molar refractivity (Wildman–Crippen MR) is 109 cm³/mol. The largest absolute Gasteiger partial charge is 0.496 e. The van der Waals surface area contributed by atoms with Crippen LogP contribution in [0.5, 0.6) is 11.5 Å². The summed E-state index contributed by atoms with van der Waals surface area (Å²) in [6, 6.07) is 23.0. The molecule has 0 saturated carbocycles.